The van der Waals surface area contributed by atoms with Gasteiger partial charge in [-0.2, -0.15) is 5.26 Å². The second kappa shape index (κ2) is 12.5. The molecule has 1 aromatic heterocycles. The van der Waals surface area contributed by atoms with Crippen molar-refractivity contribution in [3.05, 3.63) is 83.2 Å². The first-order valence-corrected chi connectivity index (χ1v) is 14.2. The summed E-state index contributed by atoms with van der Waals surface area (Å²) in [5.74, 6) is 0.352. The van der Waals surface area contributed by atoms with Gasteiger partial charge in [-0.3, -0.25) is 9.59 Å². The van der Waals surface area contributed by atoms with Gasteiger partial charge in [0.1, 0.15) is 17.7 Å². The van der Waals surface area contributed by atoms with Crippen molar-refractivity contribution in [2.75, 3.05) is 17.2 Å². The number of aromatic nitrogens is 1. The molecule has 0 saturated heterocycles. The first-order chi connectivity index (χ1) is 20.0. The molecule has 0 aliphatic heterocycles. The van der Waals surface area contributed by atoms with Crippen molar-refractivity contribution >= 4 is 34.3 Å². The number of nitriles is 1. The van der Waals surface area contributed by atoms with Gasteiger partial charge in [-0.15, -0.1) is 0 Å². The number of rotatable bonds is 11. The maximum absolute atomic E-state index is 12.9. The van der Waals surface area contributed by atoms with Crippen molar-refractivity contribution in [3.8, 4) is 11.8 Å². The maximum Gasteiger partial charge on any atom is 0.262 e. The number of benzene rings is 3. The Morgan fingerprint density at radius 3 is 2.38 bits per heavy atom. The van der Waals surface area contributed by atoms with E-state index in [1.165, 1.54) is 5.56 Å². The monoisotopic (exact) mass is 566 g/mol. The summed E-state index contributed by atoms with van der Waals surface area (Å²) in [6.45, 7) is 13.0. The summed E-state index contributed by atoms with van der Waals surface area (Å²) in [5, 5.41) is 14.5. The van der Waals surface area contributed by atoms with Crippen molar-refractivity contribution in [2.24, 2.45) is 0 Å². The molecule has 8 nitrogen and oxygen atoms in total. The van der Waals surface area contributed by atoms with Crippen LogP contribution >= 0.6 is 0 Å². The average Bonchev–Trinajstić information content (AvgIpc) is 3.38. The average molecular weight is 567 g/mol. The third-order valence-corrected chi connectivity index (χ3v) is 7.95. The molecule has 0 aliphatic rings. The predicted octanol–water partition coefficient (Wildman–Crippen LogP) is 7.54. The first kappa shape index (κ1) is 30.3. The summed E-state index contributed by atoms with van der Waals surface area (Å²) < 4.78 is 11.6. The van der Waals surface area contributed by atoms with Gasteiger partial charge >= 0.3 is 0 Å². The van der Waals surface area contributed by atoms with E-state index in [-0.39, 0.29) is 35.7 Å². The highest BCUT2D eigenvalue weighted by Gasteiger charge is 2.27. The van der Waals surface area contributed by atoms with Gasteiger partial charge in [0.2, 0.25) is 5.89 Å². The van der Waals surface area contributed by atoms with E-state index in [4.69, 9.17) is 14.4 Å². The molecule has 4 rings (SSSR count). The van der Waals surface area contributed by atoms with E-state index in [0.29, 0.717) is 39.7 Å². The van der Waals surface area contributed by atoms with Crippen molar-refractivity contribution in [1.29, 1.82) is 5.26 Å². The summed E-state index contributed by atoms with van der Waals surface area (Å²) in [4.78, 5) is 30.0. The molecule has 0 bridgehead atoms. The van der Waals surface area contributed by atoms with E-state index >= 15 is 0 Å². The fraction of sp³-hybridized carbons (Fsp3) is 0.353. The number of carbonyl (C=O) groups is 2. The molecule has 0 atom stereocenters. The molecule has 0 saturated carbocycles. The lowest BCUT2D eigenvalue weighted by Gasteiger charge is -2.30. The van der Waals surface area contributed by atoms with E-state index < -0.39 is 0 Å². The zero-order chi connectivity index (χ0) is 30.5. The van der Waals surface area contributed by atoms with Crippen LogP contribution in [-0.4, -0.2) is 23.4 Å². The second-order valence-electron chi connectivity index (χ2n) is 11.7. The molecule has 0 aliphatic carbocycles. The van der Waals surface area contributed by atoms with Crippen LogP contribution in [0.15, 0.2) is 65.1 Å². The van der Waals surface area contributed by atoms with Crippen LogP contribution in [0.25, 0.3) is 11.1 Å². The largest absolute Gasteiger partial charge is 0.483 e. The van der Waals surface area contributed by atoms with Crippen LogP contribution in [0.2, 0.25) is 0 Å². The van der Waals surface area contributed by atoms with E-state index in [1.807, 2.05) is 12.1 Å². The maximum atomic E-state index is 12.9. The topological polar surface area (TPSA) is 117 Å². The Kier molecular flexibility index (Phi) is 9.01. The minimum Gasteiger partial charge on any atom is -0.483 e. The van der Waals surface area contributed by atoms with Gasteiger partial charge < -0.3 is 19.8 Å². The van der Waals surface area contributed by atoms with Gasteiger partial charge in [0.25, 0.3) is 11.8 Å². The molecule has 0 spiro atoms. The van der Waals surface area contributed by atoms with Gasteiger partial charge in [0.05, 0.1) is 6.07 Å². The normalized spacial score (nSPS) is 11.6. The van der Waals surface area contributed by atoms with Crippen molar-refractivity contribution in [2.45, 2.75) is 71.6 Å². The SMILES string of the molecule is CCC(C)(C)c1ccc(OCC(=O)Nc2cccc(C(=O)Nc3ccc4nc(CC#N)oc4c3)c2)c(C(C)(C)CC)c1. The number of anilines is 2. The van der Waals surface area contributed by atoms with Gasteiger partial charge in [-0.25, -0.2) is 4.98 Å². The molecular formula is C34H38N4O4. The lowest BCUT2D eigenvalue weighted by molar-refractivity contribution is -0.118. The Labute approximate surface area is 247 Å². The molecule has 1 heterocycles. The highest BCUT2D eigenvalue weighted by molar-refractivity contribution is 6.06. The second-order valence-corrected chi connectivity index (χ2v) is 11.7. The Morgan fingerprint density at radius 1 is 0.929 bits per heavy atom. The molecular weight excluding hydrogens is 528 g/mol. The number of fused-ring (bicyclic) bond motifs is 1. The van der Waals surface area contributed by atoms with Gasteiger partial charge in [-0.05, 0) is 65.6 Å². The van der Waals surface area contributed by atoms with Crippen LogP contribution in [0.5, 0.6) is 5.75 Å². The number of carbonyl (C=O) groups excluding carboxylic acids is 2. The van der Waals surface area contributed by atoms with Crippen LogP contribution in [0.4, 0.5) is 11.4 Å². The third-order valence-electron chi connectivity index (χ3n) is 7.95. The van der Waals surface area contributed by atoms with Crippen molar-refractivity contribution in [3.63, 3.8) is 0 Å². The standard InChI is InChI=1S/C34H38N4O4/c1-7-33(3,4)23-12-15-28(26(19-23)34(5,6)8-2)41-21-30(39)36-24-11-9-10-22(18-24)32(40)37-25-13-14-27-29(20-25)42-31(38-27)16-17-35/h9-15,18-20H,7-8,16,21H2,1-6H3,(H,36,39)(H,37,40). The summed E-state index contributed by atoms with van der Waals surface area (Å²) in [7, 11) is 0. The minimum absolute atomic E-state index is 0.0378. The Morgan fingerprint density at radius 2 is 1.67 bits per heavy atom. The number of ether oxygens (including phenoxy) is 1. The first-order valence-electron chi connectivity index (χ1n) is 14.2. The summed E-state index contributed by atoms with van der Waals surface area (Å²) in [6.07, 6.45) is 2.01. The van der Waals surface area contributed by atoms with Crippen LogP contribution in [0, 0.1) is 11.3 Å². The van der Waals surface area contributed by atoms with Gasteiger partial charge in [-0.1, -0.05) is 59.7 Å². The van der Waals surface area contributed by atoms with E-state index in [1.54, 1.807) is 42.5 Å². The summed E-state index contributed by atoms with van der Waals surface area (Å²) in [5.41, 5.74) is 4.71. The minimum atomic E-state index is -0.347. The smallest absolute Gasteiger partial charge is 0.262 e. The molecule has 3 aromatic carbocycles. The molecule has 0 fully saturated rings. The van der Waals surface area contributed by atoms with E-state index in [9.17, 15) is 9.59 Å². The van der Waals surface area contributed by atoms with E-state index in [0.717, 1.165) is 18.4 Å². The van der Waals surface area contributed by atoms with Gasteiger partial charge in [0.15, 0.2) is 12.2 Å². The van der Waals surface area contributed by atoms with Gasteiger partial charge in [0, 0.05) is 28.6 Å². The molecule has 4 aromatic rings. The number of nitrogens with zero attached hydrogens (tertiary/aromatic N) is 2. The molecule has 0 radical (unpaired) electrons. The quantitative estimate of drug-likeness (QED) is 0.194. The van der Waals surface area contributed by atoms with E-state index in [2.05, 4.69) is 69.3 Å². The molecule has 0 unspecified atom stereocenters. The lowest BCUT2D eigenvalue weighted by Crippen LogP contribution is -2.24. The summed E-state index contributed by atoms with van der Waals surface area (Å²) in [6, 6.07) is 20.1. The molecule has 2 amide bonds. The molecule has 8 heteroatoms. The fourth-order valence-corrected chi connectivity index (χ4v) is 4.48. The number of amides is 2. The van der Waals surface area contributed by atoms with Crippen LogP contribution in [-0.2, 0) is 22.0 Å². The number of hydrogen-bond donors (Lipinski definition) is 2. The Bertz CT molecular complexity index is 1650. The molecule has 42 heavy (non-hydrogen) atoms. The van der Waals surface area contributed by atoms with Crippen molar-refractivity contribution < 1.29 is 18.7 Å². The summed E-state index contributed by atoms with van der Waals surface area (Å²) >= 11 is 0. The highest BCUT2D eigenvalue weighted by Crippen LogP contribution is 2.38. The zero-order valence-electron chi connectivity index (χ0n) is 25.1. The van der Waals surface area contributed by atoms with Crippen LogP contribution < -0.4 is 15.4 Å². The van der Waals surface area contributed by atoms with Crippen LogP contribution in [0.1, 0.15) is 81.8 Å². The van der Waals surface area contributed by atoms with Crippen molar-refractivity contribution in [1.82, 2.24) is 4.98 Å². The Balaban J connectivity index is 1.42. The third kappa shape index (κ3) is 6.98. The Hall–Kier alpha value is -4.64. The highest BCUT2D eigenvalue weighted by atomic mass is 16.5. The molecule has 2 N–H and O–H groups in total. The molecule has 218 valence electrons. The zero-order valence-corrected chi connectivity index (χ0v) is 25.1. The number of hydrogen-bond acceptors (Lipinski definition) is 6. The number of oxazole rings is 1. The van der Waals surface area contributed by atoms with Crippen LogP contribution in [0.3, 0.4) is 0 Å². The lowest BCUT2D eigenvalue weighted by atomic mass is 9.76. The fourth-order valence-electron chi connectivity index (χ4n) is 4.48. The number of nitrogens with one attached hydrogen (secondary N) is 2. The predicted molar refractivity (Wildman–Crippen MR) is 165 cm³/mol.